The van der Waals surface area contributed by atoms with Crippen molar-refractivity contribution >= 4 is 29.9 Å². The first-order valence-corrected chi connectivity index (χ1v) is 10.1. The number of aryl methyl sites for hydroxylation is 2. The van der Waals surface area contributed by atoms with Crippen LogP contribution < -0.4 is 5.32 Å². The molecule has 0 atom stereocenters. The molecule has 1 aliphatic heterocycles. The van der Waals surface area contributed by atoms with Gasteiger partial charge < -0.3 is 19.5 Å². The zero-order valence-electron chi connectivity index (χ0n) is 18.4. The molecule has 1 aliphatic rings. The molecule has 2 aromatic rings. The van der Waals surface area contributed by atoms with Crippen molar-refractivity contribution in [3.05, 3.63) is 29.6 Å². The molecule has 3 heterocycles. The van der Waals surface area contributed by atoms with Gasteiger partial charge in [-0.05, 0) is 19.9 Å². The van der Waals surface area contributed by atoms with Crippen LogP contribution in [0.5, 0.6) is 0 Å². The highest BCUT2D eigenvalue weighted by Gasteiger charge is 2.12. The van der Waals surface area contributed by atoms with E-state index in [2.05, 4.69) is 30.4 Å². The van der Waals surface area contributed by atoms with E-state index in [1.54, 1.807) is 0 Å². The van der Waals surface area contributed by atoms with E-state index in [0.29, 0.717) is 6.54 Å². The van der Waals surface area contributed by atoms with E-state index in [9.17, 15) is 0 Å². The maximum Gasteiger partial charge on any atom is 0.194 e. The van der Waals surface area contributed by atoms with Gasteiger partial charge in [0.05, 0.1) is 19.4 Å². The molecular weight excluding hydrogens is 497 g/mol. The summed E-state index contributed by atoms with van der Waals surface area (Å²) in [6.45, 7) is 8.82. The monoisotopic (exact) mass is 531 g/mol. The van der Waals surface area contributed by atoms with E-state index >= 15 is 0 Å². The number of nitrogens with zero attached hydrogens (tertiary/aromatic N) is 8. The van der Waals surface area contributed by atoms with Gasteiger partial charge in [-0.3, -0.25) is 9.58 Å². The fourth-order valence-corrected chi connectivity index (χ4v) is 3.28. The predicted molar refractivity (Wildman–Crippen MR) is 127 cm³/mol. The zero-order valence-corrected chi connectivity index (χ0v) is 20.7. The largest absolute Gasteiger partial charge is 0.379 e. The van der Waals surface area contributed by atoms with Crippen LogP contribution in [0.2, 0.25) is 0 Å². The average Bonchev–Trinajstić information content (AvgIpc) is 3.27. The van der Waals surface area contributed by atoms with Crippen LogP contribution in [0, 0.1) is 6.92 Å². The Hall–Kier alpha value is -1.73. The first-order chi connectivity index (χ1) is 14.0. The van der Waals surface area contributed by atoms with Crippen molar-refractivity contribution in [3.63, 3.8) is 0 Å². The summed E-state index contributed by atoms with van der Waals surface area (Å²) in [4.78, 5) is 9.37. The van der Waals surface area contributed by atoms with Crippen molar-refractivity contribution in [2.24, 2.45) is 19.1 Å². The number of aliphatic imine (C=N–C) groups is 1. The average molecular weight is 531 g/mol. The number of aromatic nitrogens is 5. The Morgan fingerprint density at radius 1 is 1.27 bits per heavy atom. The number of nitrogens with one attached hydrogen (secondary N) is 1. The first-order valence-electron chi connectivity index (χ1n) is 10.1. The summed E-state index contributed by atoms with van der Waals surface area (Å²) >= 11 is 0. The molecule has 10 nitrogen and oxygen atoms in total. The quantitative estimate of drug-likeness (QED) is 0.233. The summed E-state index contributed by atoms with van der Waals surface area (Å²) in [5, 5.41) is 16.1. The number of hydrogen-bond donors (Lipinski definition) is 1. The van der Waals surface area contributed by atoms with Gasteiger partial charge in [-0.25, -0.2) is 4.99 Å². The number of rotatable bonds is 8. The number of hydrogen-bond acceptors (Lipinski definition) is 6. The highest BCUT2D eigenvalue weighted by molar-refractivity contribution is 14.0. The van der Waals surface area contributed by atoms with Gasteiger partial charge in [0.15, 0.2) is 11.8 Å². The van der Waals surface area contributed by atoms with Crippen LogP contribution in [0.4, 0.5) is 0 Å². The van der Waals surface area contributed by atoms with Gasteiger partial charge in [-0.2, -0.15) is 5.10 Å². The van der Waals surface area contributed by atoms with E-state index in [0.717, 1.165) is 75.5 Å². The number of morpholine rings is 1. The maximum absolute atomic E-state index is 5.42. The lowest BCUT2D eigenvalue weighted by atomic mass is 10.3. The minimum absolute atomic E-state index is 0. The highest BCUT2D eigenvalue weighted by Crippen LogP contribution is 2.04. The van der Waals surface area contributed by atoms with Crippen molar-refractivity contribution in [1.82, 2.24) is 39.7 Å². The van der Waals surface area contributed by atoms with Gasteiger partial charge in [0.2, 0.25) is 0 Å². The van der Waals surface area contributed by atoms with Gasteiger partial charge in [-0.15, -0.1) is 34.2 Å². The van der Waals surface area contributed by atoms with Gasteiger partial charge in [-0.1, -0.05) is 0 Å². The summed E-state index contributed by atoms with van der Waals surface area (Å²) in [7, 11) is 5.94. The van der Waals surface area contributed by atoms with E-state index in [-0.39, 0.29) is 24.0 Å². The zero-order chi connectivity index (χ0) is 20.6. The lowest BCUT2D eigenvalue weighted by Gasteiger charge is -2.27. The molecule has 0 radical (unpaired) electrons. The van der Waals surface area contributed by atoms with E-state index in [4.69, 9.17) is 9.73 Å². The molecule has 0 amide bonds. The normalized spacial score (nSPS) is 15.1. The van der Waals surface area contributed by atoms with E-state index in [1.165, 1.54) is 0 Å². The van der Waals surface area contributed by atoms with Crippen LogP contribution in [0.3, 0.4) is 0 Å². The summed E-state index contributed by atoms with van der Waals surface area (Å²) < 4.78 is 9.21. The molecule has 0 bridgehead atoms. The second kappa shape index (κ2) is 12.2. The molecule has 0 aliphatic carbocycles. The third-order valence-electron chi connectivity index (χ3n) is 5.13. The van der Waals surface area contributed by atoms with Crippen LogP contribution in [-0.2, 0) is 31.9 Å². The fourth-order valence-electron chi connectivity index (χ4n) is 3.28. The molecule has 0 saturated carbocycles. The third-order valence-corrected chi connectivity index (χ3v) is 5.13. The lowest BCUT2D eigenvalue weighted by Crippen LogP contribution is -2.41. The Morgan fingerprint density at radius 2 is 2.03 bits per heavy atom. The van der Waals surface area contributed by atoms with E-state index in [1.807, 2.05) is 49.7 Å². The van der Waals surface area contributed by atoms with Crippen molar-refractivity contribution < 1.29 is 4.74 Å². The summed E-state index contributed by atoms with van der Waals surface area (Å²) in [5.41, 5.74) is 1.15. The van der Waals surface area contributed by atoms with Crippen LogP contribution in [0.15, 0.2) is 17.4 Å². The van der Waals surface area contributed by atoms with Gasteiger partial charge in [0.25, 0.3) is 0 Å². The lowest BCUT2D eigenvalue weighted by molar-refractivity contribution is 0.0375. The van der Waals surface area contributed by atoms with Gasteiger partial charge in [0.1, 0.15) is 12.4 Å². The second-order valence-electron chi connectivity index (χ2n) is 7.47. The molecule has 0 spiro atoms. The SMILES string of the molecule is Cc1nnc(CN=C(NCCCN2CCOCC2)N(C)Cc2cnn(C)c2)n1C.I. The summed E-state index contributed by atoms with van der Waals surface area (Å²) in [5.74, 6) is 2.60. The molecule has 11 heteroatoms. The van der Waals surface area contributed by atoms with Crippen molar-refractivity contribution in [3.8, 4) is 0 Å². The van der Waals surface area contributed by atoms with E-state index < -0.39 is 0 Å². The molecule has 1 fully saturated rings. The van der Waals surface area contributed by atoms with Crippen LogP contribution in [0.25, 0.3) is 0 Å². The van der Waals surface area contributed by atoms with Crippen LogP contribution in [0.1, 0.15) is 23.6 Å². The number of ether oxygens (including phenoxy) is 1. The topological polar surface area (TPSA) is 88.6 Å². The molecule has 168 valence electrons. The van der Waals surface area contributed by atoms with Crippen molar-refractivity contribution in [2.45, 2.75) is 26.4 Å². The van der Waals surface area contributed by atoms with Gasteiger partial charge in [0, 0.05) is 59.1 Å². The maximum atomic E-state index is 5.42. The molecule has 30 heavy (non-hydrogen) atoms. The molecule has 3 rings (SSSR count). The molecule has 2 aromatic heterocycles. The molecule has 1 N–H and O–H groups in total. The molecular formula is C19H34IN9O. The predicted octanol–water partition coefficient (Wildman–Crippen LogP) is 0.775. The third kappa shape index (κ3) is 7.20. The standard InChI is InChI=1S/C19H33N9O.HI/c1-16-23-24-18(27(16)4)13-21-19(25(2)14-17-12-22-26(3)15-17)20-6-5-7-28-8-10-29-11-9-28;/h12,15H,5-11,13-14H2,1-4H3,(H,20,21);1H. The van der Waals surface area contributed by atoms with Crippen LogP contribution in [-0.4, -0.2) is 86.7 Å². The Balaban J connectivity index is 0.00000320. The number of halogens is 1. The minimum Gasteiger partial charge on any atom is -0.379 e. The molecule has 0 unspecified atom stereocenters. The molecule has 0 aromatic carbocycles. The second-order valence-corrected chi connectivity index (χ2v) is 7.47. The number of guanidine groups is 1. The summed E-state index contributed by atoms with van der Waals surface area (Å²) in [6, 6.07) is 0. The fraction of sp³-hybridized carbons (Fsp3) is 0.684. The smallest absolute Gasteiger partial charge is 0.194 e. The Bertz CT molecular complexity index is 798. The molecule has 1 saturated heterocycles. The van der Waals surface area contributed by atoms with Crippen LogP contribution >= 0.6 is 24.0 Å². The highest BCUT2D eigenvalue weighted by atomic mass is 127. The summed E-state index contributed by atoms with van der Waals surface area (Å²) in [6.07, 6.45) is 4.97. The van der Waals surface area contributed by atoms with Crippen molar-refractivity contribution in [1.29, 1.82) is 0 Å². The van der Waals surface area contributed by atoms with Crippen molar-refractivity contribution in [2.75, 3.05) is 46.4 Å². The minimum atomic E-state index is 0. The Morgan fingerprint density at radius 3 is 2.67 bits per heavy atom. The van der Waals surface area contributed by atoms with Gasteiger partial charge >= 0.3 is 0 Å². The first kappa shape index (κ1) is 24.5. The Kier molecular flexibility index (Phi) is 9.98. The Labute approximate surface area is 195 Å².